The van der Waals surface area contributed by atoms with Crippen molar-refractivity contribution in [3.05, 3.63) is 0 Å². The van der Waals surface area contributed by atoms with E-state index < -0.39 is 6.04 Å². The van der Waals surface area contributed by atoms with Gasteiger partial charge in [0.15, 0.2) is 0 Å². The van der Waals surface area contributed by atoms with Crippen molar-refractivity contribution >= 4 is 11.8 Å². The second kappa shape index (κ2) is 7.76. The van der Waals surface area contributed by atoms with Crippen LogP contribution in [0.3, 0.4) is 0 Å². The first-order valence-corrected chi connectivity index (χ1v) is 4.76. The van der Waals surface area contributed by atoms with Gasteiger partial charge in [-0.15, -0.1) is 0 Å². The molecule has 0 spiro atoms. The standard InChI is InChI=1S/C9H16N4O2/c1-3-11-9(15)7(2)13-6-8(14)12-5-4-10/h7,13H,3,5-6H2,1-2H3,(H,11,15)(H,12,14). The van der Waals surface area contributed by atoms with Gasteiger partial charge in [0.05, 0.1) is 18.7 Å². The molecule has 0 aromatic carbocycles. The van der Waals surface area contributed by atoms with E-state index in [9.17, 15) is 9.59 Å². The Morgan fingerprint density at radius 3 is 2.60 bits per heavy atom. The monoisotopic (exact) mass is 212 g/mol. The summed E-state index contributed by atoms with van der Waals surface area (Å²) < 4.78 is 0. The molecule has 0 aromatic heterocycles. The predicted molar refractivity (Wildman–Crippen MR) is 54.8 cm³/mol. The Kier molecular flexibility index (Phi) is 6.93. The number of nitrogens with one attached hydrogen (secondary N) is 3. The van der Waals surface area contributed by atoms with E-state index in [1.165, 1.54) is 0 Å². The molecule has 0 saturated carbocycles. The van der Waals surface area contributed by atoms with E-state index in [1.54, 1.807) is 13.0 Å². The molecule has 0 aromatic rings. The maximum atomic E-state index is 11.2. The number of nitrogens with zero attached hydrogens (tertiary/aromatic N) is 1. The average molecular weight is 212 g/mol. The zero-order chi connectivity index (χ0) is 11.7. The van der Waals surface area contributed by atoms with Crippen LogP contribution in [-0.2, 0) is 9.59 Å². The summed E-state index contributed by atoms with van der Waals surface area (Å²) in [5, 5.41) is 15.9. The maximum absolute atomic E-state index is 11.2. The average Bonchev–Trinajstić information content (AvgIpc) is 2.23. The quantitative estimate of drug-likeness (QED) is 0.479. The van der Waals surface area contributed by atoms with Gasteiger partial charge in [0.25, 0.3) is 0 Å². The normalized spacial score (nSPS) is 11.3. The highest BCUT2D eigenvalue weighted by Gasteiger charge is 2.11. The van der Waals surface area contributed by atoms with E-state index in [-0.39, 0.29) is 24.9 Å². The molecule has 6 heteroatoms. The molecule has 0 fully saturated rings. The minimum Gasteiger partial charge on any atom is -0.355 e. The van der Waals surface area contributed by atoms with Crippen molar-refractivity contribution in [1.29, 1.82) is 5.26 Å². The highest BCUT2D eigenvalue weighted by atomic mass is 16.2. The molecule has 2 amide bonds. The lowest BCUT2D eigenvalue weighted by molar-refractivity contribution is -0.123. The summed E-state index contributed by atoms with van der Waals surface area (Å²) in [6.07, 6.45) is 0. The van der Waals surface area contributed by atoms with Crippen molar-refractivity contribution in [3.63, 3.8) is 0 Å². The van der Waals surface area contributed by atoms with Gasteiger partial charge in [-0.05, 0) is 13.8 Å². The SMILES string of the molecule is CCNC(=O)C(C)NCC(=O)NCC#N. The third-order valence-electron chi connectivity index (χ3n) is 1.68. The zero-order valence-electron chi connectivity index (χ0n) is 8.96. The molecule has 84 valence electrons. The predicted octanol–water partition coefficient (Wildman–Crippen LogP) is -1.26. The number of hydrogen-bond donors (Lipinski definition) is 3. The van der Waals surface area contributed by atoms with Gasteiger partial charge in [-0.3, -0.25) is 14.9 Å². The Morgan fingerprint density at radius 2 is 2.07 bits per heavy atom. The number of rotatable bonds is 6. The summed E-state index contributed by atoms with van der Waals surface area (Å²) in [6, 6.07) is 1.37. The third-order valence-corrected chi connectivity index (χ3v) is 1.68. The summed E-state index contributed by atoms with van der Waals surface area (Å²) in [5.41, 5.74) is 0. The highest BCUT2D eigenvalue weighted by molar-refractivity contribution is 5.83. The van der Waals surface area contributed by atoms with Crippen LogP contribution in [-0.4, -0.2) is 37.5 Å². The van der Waals surface area contributed by atoms with Crippen molar-refractivity contribution in [1.82, 2.24) is 16.0 Å². The minimum absolute atomic E-state index is 0.0178. The number of hydrogen-bond acceptors (Lipinski definition) is 4. The number of carbonyl (C=O) groups excluding carboxylic acids is 2. The maximum Gasteiger partial charge on any atom is 0.236 e. The van der Waals surface area contributed by atoms with Crippen molar-refractivity contribution in [2.75, 3.05) is 19.6 Å². The van der Waals surface area contributed by atoms with Gasteiger partial charge in [-0.2, -0.15) is 5.26 Å². The molecule has 15 heavy (non-hydrogen) atoms. The van der Waals surface area contributed by atoms with Gasteiger partial charge in [0.2, 0.25) is 11.8 Å². The van der Waals surface area contributed by atoms with Gasteiger partial charge in [0, 0.05) is 6.54 Å². The third kappa shape index (κ3) is 6.46. The smallest absolute Gasteiger partial charge is 0.236 e. The van der Waals surface area contributed by atoms with Crippen LogP contribution < -0.4 is 16.0 Å². The fourth-order valence-electron chi connectivity index (χ4n) is 0.866. The van der Waals surface area contributed by atoms with E-state index >= 15 is 0 Å². The van der Waals surface area contributed by atoms with Gasteiger partial charge in [-0.25, -0.2) is 0 Å². The molecular formula is C9H16N4O2. The number of nitriles is 1. The lowest BCUT2D eigenvalue weighted by Gasteiger charge is -2.12. The second-order valence-corrected chi connectivity index (χ2v) is 2.93. The van der Waals surface area contributed by atoms with Crippen LogP contribution in [0.5, 0.6) is 0 Å². The molecule has 0 heterocycles. The Morgan fingerprint density at radius 1 is 1.40 bits per heavy atom. The molecule has 0 saturated heterocycles. The summed E-state index contributed by atoms with van der Waals surface area (Å²) in [5.74, 6) is -0.446. The molecule has 0 rings (SSSR count). The van der Waals surface area contributed by atoms with E-state index in [1.807, 2.05) is 6.92 Å². The molecule has 0 bridgehead atoms. The van der Waals surface area contributed by atoms with Crippen LogP contribution >= 0.6 is 0 Å². The Hall–Kier alpha value is -1.61. The molecule has 0 radical (unpaired) electrons. The van der Waals surface area contributed by atoms with Gasteiger partial charge in [0.1, 0.15) is 6.54 Å². The van der Waals surface area contributed by atoms with Crippen molar-refractivity contribution < 1.29 is 9.59 Å². The summed E-state index contributed by atoms with van der Waals surface area (Å²) in [4.78, 5) is 22.2. The zero-order valence-corrected chi connectivity index (χ0v) is 8.96. The molecular weight excluding hydrogens is 196 g/mol. The Labute approximate surface area is 89.0 Å². The minimum atomic E-state index is -0.419. The van der Waals surface area contributed by atoms with Crippen LogP contribution in [0.15, 0.2) is 0 Å². The fraction of sp³-hybridized carbons (Fsp3) is 0.667. The van der Waals surface area contributed by atoms with E-state index in [0.717, 1.165) is 0 Å². The first-order valence-electron chi connectivity index (χ1n) is 4.76. The van der Waals surface area contributed by atoms with Crippen LogP contribution in [0.2, 0.25) is 0 Å². The Balaban J connectivity index is 3.70. The topological polar surface area (TPSA) is 94.0 Å². The number of carbonyl (C=O) groups is 2. The molecule has 0 aliphatic carbocycles. The molecule has 3 N–H and O–H groups in total. The Bertz CT molecular complexity index is 259. The van der Waals surface area contributed by atoms with E-state index in [0.29, 0.717) is 6.54 Å². The first kappa shape index (κ1) is 13.4. The molecule has 1 unspecified atom stereocenters. The van der Waals surface area contributed by atoms with Gasteiger partial charge >= 0.3 is 0 Å². The van der Waals surface area contributed by atoms with Crippen LogP contribution in [0, 0.1) is 11.3 Å². The van der Waals surface area contributed by atoms with Gasteiger partial charge in [-0.1, -0.05) is 0 Å². The first-order chi connectivity index (χ1) is 7.11. The molecule has 0 aliphatic rings. The van der Waals surface area contributed by atoms with Crippen molar-refractivity contribution in [2.24, 2.45) is 0 Å². The summed E-state index contributed by atoms with van der Waals surface area (Å²) in [6.45, 7) is 4.06. The van der Waals surface area contributed by atoms with E-state index in [4.69, 9.17) is 5.26 Å². The molecule has 0 aliphatic heterocycles. The number of amides is 2. The highest BCUT2D eigenvalue weighted by Crippen LogP contribution is 1.80. The number of likely N-dealkylation sites (N-methyl/N-ethyl adjacent to an activating group) is 1. The van der Waals surface area contributed by atoms with Crippen LogP contribution in [0.1, 0.15) is 13.8 Å². The van der Waals surface area contributed by atoms with Crippen molar-refractivity contribution in [2.45, 2.75) is 19.9 Å². The summed E-state index contributed by atoms with van der Waals surface area (Å²) in [7, 11) is 0. The fourth-order valence-corrected chi connectivity index (χ4v) is 0.866. The molecule has 6 nitrogen and oxygen atoms in total. The second-order valence-electron chi connectivity index (χ2n) is 2.93. The van der Waals surface area contributed by atoms with E-state index in [2.05, 4.69) is 16.0 Å². The lowest BCUT2D eigenvalue weighted by Crippen LogP contribution is -2.46. The summed E-state index contributed by atoms with van der Waals surface area (Å²) >= 11 is 0. The molecule has 1 atom stereocenters. The van der Waals surface area contributed by atoms with Gasteiger partial charge < -0.3 is 10.6 Å². The lowest BCUT2D eigenvalue weighted by atomic mass is 10.3. The largest absolute Gasteiger partial charge is 0.355 e. The van der Waals surface area contributed by atoms with Crippen molar-refractivity contribution in [3.8, 4) is 6.07 Å². The van der Waals surface area contributed by atoms with Crippen LogP contribution in [0.25, 0.3) is 0 Å². The van der Waals surface area contributed by atoms with Crippen LogP contribution in [0.4, 0.5) is 0 Å².